The normalized spacial score (nSPS) is 20.7. The van der Waals surface area contributed by atoms with Crippen LogP contribution in [0, 0.1) is 0 Å². The van der Waals surface area contributed by atoms with Gasteiger partial charge in [0.05, 0.1) is 0 Å². The van der Waals surface area contributed by atoms with Crippen LogP contribution in [-0.4, -0.2) is 136 Å². The van der Waals surface area contributed by atoms with Crippen molar-refractivity contribution in [2.75, 3.05) is 77.5 Å². The van der Waals surface area contributed by atoms with Crippen molar-refractivity contribution in [2.45, 2.75) is 6.42 Å². The van der Waals surface area contributed by atoms with Gasteiger partial charge >= 0.3 is 56.6 Å². The minimum absolute atomic E-state index is 0. The molecule has 0 amide bonds. The van der Waals surface area contributed by atoms with Crippen LogP contribution in [0.2, 0.25) is 0 Å². The van der Waals surface area contributed by atoms with E-state index in [2.05, 4.69) is 0 Å². The average Bonchev–Trinajstić information content (AvgIpc) is 2.56. The van der Waals surface area contributed by atoms with Crippen LogP contribution in [0.15, 0.2) is 0 Å². The van der Waals surface area contributed by atoms with E-state index < -0.39 is 55.5 Å². The maximum atomic E-state index is 11.5. The van der Waals surface area contributed by atoms with Gasteiger partial charge in [0.1, 0.15) is 25.1 Å². The zero-order valence-corrected chi connectivity index (χ0v) is 24.5. The van der Waals surface area contributed by atoms with Crippen molar-refractivity contribution in [3.05, 3.63) is 0 Å². The van der Waals surface area contributed by atoms with E-state index in [1.54, 1.807) is 0 Å². The maximum absolute atomic E-state index is 11.5. The molecule has 0 radical (unpaired) electrons. The van der Waals surface area contributed by atoms with Crippen molar-refractivity contribution in [1.82, 2.24) is 19.6 Å². The van der Waals surface area contributed by atoms with E-state index in [0.717, 1.165) is 0 Å². The number of hydrogen-bond acceptors (Lipinski definition) is 8. The SMILES string of the molecule is O=P(O)(O)CN1CCCN(CP(=O)(O)O)CCN(CP(=O)(O)O)CCN(CP(=O)(O)O)CC1.[89Zr+4]. The molecular formula is C13H34N4O12P4Zr+4. The van der Waals surface area contributed by atoms with Crippen molar-refractivity contribution in [1.29, 1.82) is 0 Å². The van der Waals surface area contributed by atoms with Crippen molar-refractivity contribution in [2.24, 2.45) is 0 Å². The summed E-state index contributed by atoms with van der Waals surface area (Å²) in [6.07, 6.45) is -2.22. The molecule has 16 nitrogen and oxygen atoms in total. The Morgan fingerprint density at radius 3 is 0.765 bits per heavy atom. The molecule has 0 spiro atoms. The second kappa shape index (κ2) is 15.1. The average molecular weight is 651 g/mol. The third kappa shape index (κ3) is 19.4. The standard InChI is InChI=1S/C13H34N4O12P4.Zr/c18-30(19,20)10-14-2-1-3-15(11-31(21,22)23)5-7-17(13-33(27,28)29)9-8-16(6-4-14)12-32(24,25)26;/h1-13H2,(H2,18,19,20)(H2,21,22,23)(H2,24,25,26)(H2,27,28,29);/q;+4/i;1-2. The third-order valence-electron chi connectivity index (χ3n) is 4.68. The predicted octanol–water partition coefficient (Wildman–Crippen LogP) is -1.86. The van der Waals surface area contributed by atoms with Crippen molar-refractivity contribution >= 4 is 30.4 Å². The van der Waals surface area contributed by atoms with Crippen LogP contribution in [0.25, 0.3) is 0 Å². The summed E-state index contributed by atoms with van der Waals surface area (Å²) in [7, 11) is -17.9. The van der Waals surface area contributed by atoms with E-state index in [-0.39, 0.29) is 85.0 Å². The number of hydrogen-bond donors (Lipinski definition) is 8. The maximum Gasteiger partial charge on any atom is 4.00 e. The molecule has 34 heavy (non-hydrogen) atoms. The molecule has 1 fully saturated rings. The Morgan fingerprint density at radius 2 is 0.588 bits per heavy atom. The van der Waals surface area contributed by atoms with E-state index in [0.29, 0.717) is 0 Å². The smallest absolute Gasteiger partial charge is 0.324 e. The van der Waals surface area contributed by atoms with Crippen LogP contribution in [-0.2, 0) is 44.5 Å². The van der Waals surface area contributed by atoms with Gasteiger partial charge in [-0.2, -0.15) is 0 Å². The van der Waals surface area contributed by atoms with Gasteiger partial charge in [0.2, 0.25) is 0 Å². The summed E-state index contributed by atoms with van der Waals surface area (Å²) < 4.78 is 46.0. The fraction of sp³-hybridized carbons (Fsp3) is 1.00. The first-order valence-corrected chi connectivity index (χ1v) is 17.1. The topological polar surface area (TPSA) is 243 Å². The molecule has 1 rings (SSSR count). The molecular weight excluding hydrogens is 617 g/mol. The predicted molar refractivity (Wildman–Crippen MR) is 119 cm³/mol. The Labute approximate surface area is 217 Å². The van der Waals surface area contributed by atoms with Crippen LogP contribution in [0.1, 0.15) is 6.42 Å². The van der Waals surface area contributed by atoms with Gasteiger partial charge in [0.15, 0.2) is 0 Å². The molecule has 0 unspecified atom stereocenters. The number of rotatable bonds is 8. The van der Waals surface area contributed by atoms with Gasteiger partial charge in [-0.25, -0.2) is 0 Å². The minimum atomic E-state index is -4.49. The van der Waals surface area contributed by atoms with Gasteiger partial charge in [-0.1, -0.05) is 0 Å². The van der Waals surface area contributed by atoms with Gasteiger partial charge in [-0.3, -0.25) is 37.9 Å². The molecule has 1 aliphatic heterocycles. The molecule has 0 aromatic rings. The molecule has 1 heterocycles. The molecule has 0 aromatic carbocycles. The van der Waals surface area contributed by atoms with E-state index in [4.69, 9.17) is 0 Å². The van der Waals surface area contributed by atoms with Crippen molar-refractivity contribution in [3.63, 3.8) is 0 Å². The monoisotopic (exact) mass is 651 g/mol. The summed E-state index contributed by atoms with van der Waals surface area (Å²) in [6.45, 7) is 0.435. The largest absolute Gasteiger partial charge is 4.00 e. The summed E-state index contributed by atoms with van der Waals surface area (Å²) in [5, 5.41) is 0. The van der Waals surface area contributed by atoms with Crippen LogP contribution in [0.3, 0.4) is 0 Å². The first kappa shape index (κ1) is 35.3. The second-order valence-electron chi connectivity index (χ2n) is 8.05. The summed E-state index contributed by atoms with van der Waals surface area (Å²) in [4.78, 5) is 80.3. The fourth-order valence-electron chi connectivity index (χ4n) is 3.42. The van der Waals surface area contributed by atoms with E-state index in [1.807, 2.05) is 0 Å². The van der Waals surface area contributed by atoms with Crippen LogP contribution in [0.5, 0.6) is 0 Å². The van der Waals surface area contributed by atoms with Gasteiger partial charge in [0, 0.05) is 52.4 Å². The second-order valence-corrected chi connectivity index (χ2v) is 14.5. The number of nitrogens with zero attached hydrogens (tertiary/aromatic N) is 4. The first-order chi connectivity index (χ1) is 14.8. The molecule has 21 heteroatoms. The molecule has 0 saturated carbocycles. The summed E-state index contributed by atoms with van der Waals surface area (Å²) in [5.74, 6) is 0. The Kier molecular flexibility index (Phi) is 15.6. The fourth-order valence-corrected chi connectivity index (χ4v) is 6.64. The third-order valence-corrected chi connectivity index (χ3v) is 7.76. The van der Waals surface area contributed by atoms with Crippen LogP contribution >= 0.6 is 30.4 Å². The molecule has 1 saturated heterocycles. The van der Waals surface area contributed by atoms with E-state index in [1.165, 1.54) is 19.6 Å². The van der Waals surface area contributed by atoms with Gasteiger partial charge < -0.3 is 39.1 Å². The van der Waals surface area contributed by atoms with Gasteiger partial charge in [-0.05, 0) is 6.42 Å². The Hall–Kier alpha value is 1.32. The van der Waals surface area contributed by atoms with E-state index in [9.17, 15) is 57.4 Å². The molecule has 0 aromatic heterocycles. The summed E-state index contributed by atoms with van der Waals surface area (Å²) in [5.41, 5.74) is 0. The Morgan fingerprint density at radius 1 is 0.412 bits per heavy atom. The zero-order valence-electron chi connectivity index (χ0n) is 18.5. The Bertz CT molecular complexity index is 737. The zero-order chi connectivity index (χ0) is 25.5. The quantitative estimate of drug-likeness (QED) is 0.134. The first-order valence-electron chi connectivity index (χ1n) is 9.89. The summed E-state index contributed by atoms with van der Waals surface area (Å²) in [6, 6.07) is 0. The molecule has 1 aliphatic rings. The Balaban J connectivity index is 0.0000109. The summed E-state index contributed by atoms with van der Waals surface area (Å²) >= 11 is 0. The minimum Gasteiger partial charge on any atom is -0.324 e. The van der Waals surface area contributed by atoms with Gasteiger partial charge in [-0.15, -0.1) is 0 Å². The van der Waals surface area contributed by atoms with Crippen LogP contribution in [0.4, 0.5) is 0 Å². The molecule has 198 valence electrons. The van der Waals surface area contributed by atoms with E-state index >= 15 is 0 Å². The molecule has 8 N–H and O–H groups in total. The van der Waals surface area contributed by atoms with Gasteiger partial charge in [0.25, 0.3) is 0 Å². The van der Waals surface area contributed by atoms with Crippen LogP contribution < -0.4 is 0 Å². The molecule has 0 bridgehead atoms. The molecule has 0 aliphatic carbocycles. The molecule has 0 atom stereocenters. The van der Waals surface area contributed by atoms with Crippen molar-refractivity contribution < 1.29 is 83.6 Å². The van der Waals surface area contributed by atoms with Crippen molar-refractivity contribution in [3.8, 4) is 0 Å².